The molecule has 0 saturated carbocycles. The highest BCUT2D eigenvalue weighted by molar-refractivity contribution is 6.31. The third kappa shape index (κ3) is 3.73. The molecule has 0 unspecified atom stereocenters. The van der Waals surface area contributed by atoms with E-state index >= 15 is 0 Å². The molecule has 3 aromatic rings. The molecule has 27 heavy (non-hydrogen) atoms. The first-order chi connectivity index (χ1) is 12.9. The standard InChI is InChI=1S/C19H18ClN3O4/c1-12-18(23(26)17-11-14(20)5-8-16(17)22(12)25)19(24)21-10-9-13-3-6-15(27-2)7-4-13/h3-8,11H,9-10H2,1-2H3,(H,21,24). The number of ether oxygens (including phenoxy) is 1. The number of fused-ring (bicyclic) bond motifs is 1. The zero-order valence-electron chi connectivity index (χ0n) is 14.9. The molecule has 0 bridgehead atoms. The summed E-state index contributed by atoms with van der Waals surface area (Å²) in [6, 6.07) is 11.8. The van der Waals surface area contributed by atoms with Crippen LogP contribution in [0.15, 0.2) is 42.5 Å². The van der Waals surface area contributed by atoms with Gasteiger partial charge >= 0.3 is 11.6 Å². The molecular formula is C19H18ClN3O4. The van der Waals surface area contributed by atoms with E-state index in [1.807, 2.05) is 24.3 Å². The van der Waals surface area contributed by atoms with Gasteiger partial charge in [0.25, 0.3) is 5.52 Å². The Bertz CT molecular complexity index is 1060. The number of carbonyl (C=O) groups is 1. The Morgan fingerprint density at radius 1 is 1.26 bits per heavy atom. The summed E-state index contributed by atoms with van der Waals surface area (Å²) in [6.07, 6.45) is 0.574. The average molecular weight is 388 g/mol. The van der Waals surface area contributed by atoms with Crippen LogP contribution in [0.25, 0.3) is 11.0 Å². The predicted molar refractivity (Wildman–Crippen MR) is 103 cm³/mol. The van der Waals surface area contributed by atoms with Crippen molar-refractivity contribution in [2.75, 3.05) is 13.7 Å². The summed E-state index contributed by atoms with van der Waals surface area (Å²) in [4.78, 5) is 25.2. The van der Waals surface area contributed by atoms with E-state index in [9.17, 15) is 14.9 Å². The third-order valence-electron chi connectivity index (χ3n) is 4.30. The number of rotatable bonds is 5. The van der Waals surface area contributed by atoms with Gasteiger partial charge in [0.1, 0.15) is 11.3 Å². The van der Waals surface area contributed by atoms with Crippen molar-refractivity contribution in [2.45, 2.75) is 13.3 Å². The highest BCUT2D eigenvalue weighted by Crippen LogP contribution is 2.18. The summed E-state index contributed by atoms with van der Waals surface area (Å²) in [6.45, 7) is 1.75. The number of nitrogens with one attached hydrogen (secondary N) is 1. The minimum atomic E-state index is -0.609. The number of hydrogen-bond donors (Lipinski definition) is 1. The van der Waals surface area contributed by atoms with Crippen LogP contribution in [0.4, 0.5) is 0 Å². The Kier molecular flexibility index (Phi) is 5.32. The van der Waals surface area contributed by atoms with Gasteiger partial charge in [-0.3, -0.25) is 4.79 Å². The molecule has 0 radical (unpaired) electrons. The van der Waals surface area contributed by atoms with Gasteiger partial charge in [0.2, 0.25) is 0 Å². The molecule has 3 rings (SSSR count). The zero-order chi connectivity index (χ0) is 19.6. The van der Waals surface area contributed by atoms with Crippen LogP contribution in [0.2, 0.25) is 5.02 Å². The number of methoxy groups -OCH3 is 1. The molecule has 0 aliphatic carbocycles. The van der Waals surface area contributed by atoms with Gasteiger partial charge in [-0.2, -0.15) is 0 Å². The maximum absolute atomic E-state index is 12.6. The van der Waals surface area contributed by atoms with Crippen molar-refractivity contribution < 1.29 is 14.0 Å². The summed E-state index contributed by atoms with van der Waals surface area (Å²) in [5.41, 5.74) is 0.994. The molecule has 1 aromatic heterocycles. The summed E-state index contributed by atoms with van der Waals surface area (Å²) in [5, 5.41) is 15.4. The second-order valence-electron chi connectivity index (χ2n) is 6.01. The Balaban J connectivity index is 1.81. The molecule has 0 spiro atoms. The van der Waals surface area contributed by atoms with Gasteiger partial charge in [0.05, 0.1) is 17.2 Å². The molecular weight excluding hydrogens is 370 g/mol. The van der Waals surface area contributed by atoms with E-state index in [1.54, 1.807) is 7.11 Å². The maximum Gasteiger partial charge on any atom is 0.346 e. The molecule has 1 N–H and O–H groups in total. The van der Waals surface area contributed by atoms with Crippen molar-refractivity contribution >= 4 is 28.5 Å². The minimum Gasteiger partial charge on any atom is -0.805 e. The Morgan fingerprint density at radius 2 is 1.96 bits per heavy atom. The van der Waals surface area contributed by atoms with Crippen molar-refractivity contribution in [3.8, 4) is 5.75 Å². The van der Waals surface area contributed by atoms with Gasteiger partial charge in [-0.05, 0) is 43.2 Å². The molecule has 7 nitrogen and oxygen atoms in total. The van der Waals surface area contributed by atoms with Crippen LogP contribution in [0.5, 0.6) is 5.75 Å². The van der Waals surface area contributed by atoms with Gasteiger partial charge in [0, 0.05) is 22.5 Å². The van der Waals surface area contributed by atoms with Gasteiger partial charge < -0.3 is 20.0 Å². The number of hydrogen-bond acceptors (Lipinski definition) is 4. The number of amides is 1. The van der Waals surface area contributed by atoms with Crippen LogP contribution >= 0.6 is 11.6 Å². The fourth-order valence-electron chi connectivity index (χ4n) is 2.83. The predicted octanol–water partition coefficient (Wildman–Crippen LogP) is 2.84. The average Bonchev–Trinajstić information content (AvgIpc) is 2.67. The first-order valence-corrected chi connectivity index (χ1v) is 8.66. The summed E-state index contributed by atoms with van der Waals surface area (Å²) in [5.74, 6) is 0.142. The van der Waals surface area contributed by atoms with Gasteiger partial charge in [0.15, 0.2) is 0 Å². The first kappa shape index (κ1) is 18.7. The maximum atomic E-state index is 12.6. The summed E-state index contributed by atoms with van der Waals surface area (Å²) < 4.78 is 6.12. The Hall–Kier alpha value is -3.06. The number of aromatic nitrogens is 2. The molecule has 1 amide bonds. The van der Waals surface area contributed by atoms with E-state index in [-0.39, 0.29) is 22.4 Å². The molecule has 0 saturated heterocycles. The van der Waals surface area contributed by atoms with Gasteiger partial charge in [-0.1, -0.05) is 23.7 Å². The summed E-state index contributed by atoms with van der Waals surface area (Å²) in [7, 11) is 1.59. The minimum absolute atomic E-state index is 0.0294. The molecule has 0 fully saturated rings. The van der Waals surface area contributed by atoms with Crippen molar-refractivity contribution in [3.63, 3.8) is 0 Å². The molecule has 0 aliphatic heterocycles. The summed E-state index contributed by atoms with van der Waals surface area (Å²) >= 11 is 5.91. The lowest BCUT2D eigenvalue weighted by molar-refractivity contribution is -0.468. The number of carbonyl (C=O) groups excluding carboxylic acids is 1. The lowest BCUT2D eigenvalue weighted by atomic mass is 10.1. The molecule has 8 heteroatoms. The SMILES string of the molecule is COc1ccc(CCNC(=O)c2c(C)n([O-])c3ccc(Cl)cc3[n+]2=O)cc1. The van der Waals surface area contributed by atoms with Gasteiger partial charge in [-0.25, -0.2) is 0 Å². The smallest absolute Gasteiger partial charge is 0.346 e. The fraction of sp³-hybridized carbons (Fsp3) is 0.211. The van der Waals surface area contributed by atoms with Crippen LogP contribution in [-0.4, -0.2) is 24.3 Å². The molecule has 1 heterocycles. The highest BCUT2D eigenvalue weighted by Gasteiger charge is 2.26. The second kappa shape index (κ2) is 7.67. The molecule has 0 atom stereocenters. The Labute approximate surface area is 160 Å². The number of halogens is 1. The molecule has 140 valence electrons. The van der Waals surface area contributed by atoms with Crippen molar-refractivity contribution in [1.82, 2.24) is 10.0 Å². The lowest BCUT2D eigenvalue weighted by Crippen LogP contribution is -2.37. The van der Waals surface area contributed by atoms with Crippen molar-refractivity contribution in [2.24, 2.45) is 0 Å². The van der Waals surface area contributed by atoms with Crippen LogP contribution in [0, 0.1) is 17.0 Å². The van der Waals surface area contributed by atoms with Crippen LogP contribution in [0.1, 0.15) is 21.7 Å². The lowest BCUT2D eigenvalue weighted by Gasteiger charge is -2.16. The van der Waals surface area contributed by atoms with Crippen LogP contribution < -0.4 is 14.5 Å². The Morgan fingerprint density at radius 3 is 2.63 bits per heavy atom. The fourth-order valence-corrected chi connectivity index (χ4v) is 2.99. The van der Waals surface area contributed by atoms with Crippen LogP contribution in [0.3, 0.4) is 0 Å². The van der Waals surface area contributed by atoms with E-state index < -0.39 is 5.91 Å². The van der Waals surface area contributed by atoms with Crippen LogP contribution in [-0.2, 0) is 6.42 Å². The zero-order valence-corrected chi connectivity index (χ0v) is 15.6. The monoisotopic (exact) mass is 387 g/mol. The number of benzene rings is 2. The van der Waals surface area contributed by atoms with E-state index in [1.165, 1.54) is 25.1 Å². The van der Waals surface area contributed by atoms with Crippen molar-refractivity contribution in [1.29, 1.82) is 0 Å². The molecule has 0 aliphatic rings. The topological polar surface area (TPSA) is 89.3 Å². The first-order valence-electron chi connectivity index (χ1n) is 8.28. The quantitative estimate of drug-likeness (QED) is 0.682. The number of nitrogens with zero attached hydrogens (tertiary/aromatic N) is 2. The second-order valence-corrected chi connectivity index (χ2v) is 6.45. The van der Waals surface area contributed by atoms with E-state index in [4.69, 9.17) is 16.3 Å². The van der Waals surface area contributed by atoms with E-state index in [0.717, 1.165) is 11.3 Å². The largest absolute Gasteiger partial charge is 0.805 e. The van der Waals surface area contributed by atoms with E-state index in [2.05, 4.69) is 5.32 Å². The third-order valence-corrected chi connectivity index (χ3v) is 4.53. The van der Waals surface area contributed by atoms with Gasteiger partial charge in [-0.15, -0.1) is 0 Å². The van der Waals surface area contributed by atoms with Crippen molar-refractivity contribution in [3.05, 3.63) is 74.6 Å². The molecule has 2 aromatic carbocycles. The van der Waals surface area contributed by atoms with E-state index in [0.29, 0.717) is 27.1 Å². The highest BCUT2D eigenvalue weighted by atomic mass is 35.5. The normalized spacial score (nSPS) is 10.8.